The van der Waals surface area contributed by atoms with E-state index in [4.69, 9.17) is 11.5 Å². The fraction of sp³-hybridized carbons (Fsp3) is 0.286. The van der Waals surface area contributed by atoms with E-state index in [-0.39, 0.29) is 18.7 Å². The Balaban J connectivity index is 2.12. The molecule has 2 rings (SSSR count). The van der Waals surface area contributed by atoms with Crippen LogP contribution in [0.2, 0.25) is 0 Å². The van der Waals surface area contributed by atoms with Gasteiger partial charge in [-0.3, -0.25) is 19.2 Å². The SMILES string of the molecule is NC(=O)C(NC(=O)[C@@H]1CC(=O)N(c2cc(F)cc(F)c2)C1)C(N)=O. The van der Waals surface area contributed by atoms with Crippen molar-refractivity contribution in [1.29, 1.82) is 0 Å². The summed E-state index contributed by atoms with van der Waals surface area (Å²) in [5.74, 6) is -6.25. The highest BCUT2D eigenvalue weighted by molar-refractivity contribution is 6.07. The smallest absolute Gasteiger partial charge is 0.249 e. The first kappa shape index (κ1) is 17.3. The average Bonchev–Trinajstić information content (AvgIpc) is 2.84. The fourth-order valence-electron chi connectivity index (χ4n) is 2.37. The molecule has 0 bridgehead atoms. The van der Waals surface area contributed by atoms with Crippen LogP contribution in [-0.4, -0.2) is 36.2 Å². The van der Waals surface area contributed by atoms with Gasteiger partial charge in [-0.2, -0.15) is 0 Å². The van der Waals surface area contributed by atoms with Crippen molar-refractivity contribution in [2.24, 2.45) is 17.4 Å². The van der Waals surface area contributed by atoms with Crippen LogP contribution in [0.3, 0.4) is 0 Å². The number of benzene rings is 1. The molecule has 0 saturated carbocycles. The molecule has 0 radical (unpaired) electrons. The van der Waals surface area contributed by atoms with Gasteiger partial charge in [-0.25, -0.2) is 8.78 Å². The van der Waals surface area contributed by atoms with Crippen molar-refractivity contribution >= 4 is 29.3 Å². The zero-order valence-electron chi connectivity index (χ0n) is 12.3. The second-order valence-corrected chi connectivity index (χ2v) is 5.28. The van der Waals surface area contributed by atoms with Crippen LogP contribution in [0.15, 0.2) is 18.2 Å². The van der Waals surface area contributed by atoms with Crippen molar-refractivity contribution in [1.82, 2.24) is 5.32 Å². The monoisotopic (exact) mass is 340 g/mol. The van der Waals surface area contributed by atoms with E-state index < -0.39 is 47.2 Å². The van der Waals surface area contributed by atoms with Gasteiger partial charge < -0.3 is 21.7 Å². The highest BCUT2D eigenvalue weighted by Gasteiger charge is 2.37. The first-order chi connectivity index (χ1) is 11.2. The predicted octanol–water partition coefficient (Wildman–Crippen LogP) is -1.23. The summed E-state index contributed by atoms with van der Waals surface area (Å²) in [6, 6.07) is 0.861. The van der Waals surface area contributed by atoms with Gasteiger partial charge in [-0.15, -0.1) is 0 Å². The molecule has 128 valence electrons. The van der Waals surface area contributed by atoms with Crippen molar-refractivity contribution in [2.45, 2.75) is 12.5 Å². The van der Waals surface area contributed by atoms with Crippen molar-refractivity contribution < 1.29 is 28.0 Å². The number of halogens is 2. The average molecular weight is 340 g/mol. The molecule has 1 saturated heterocycles. The van der Waals surface area contributed by atoms with Gasteiger partial charge in [0.05, 0.1) is 5.92 Å². The first-order valence-electron chi connectivity index (χ1n) is 6.84. The Kier molecular flexibility index (Phi) is 4.77. The Morgan fingerprint density at radius 3 is 2.17 bits per heavy atom. The molecule has 1 aliphatic heterocycles. The Hall–Kier alpha value is -3.04. The zero-order chi connectivity index (χ0) is 18.0. The third-order valence-corrected chi connectivity index (χ3v) is 3.51. The molecule has 4 amide bonds. The fourth-order valence-corrected chi connectivity index (χ4v) is 2.37. The molecule has 0 unspecified atom stereocenters. The molecule has 0 spiro atoms. The van der Waals surface area contributed by atoms with E-state index in [1.165, 1.54) is 0 Å². The lowest BCUT2D eigenvalue weighted by molar-refractivity contribution is -0.135. The summed E-state index contributed by atoms with van der Waals surface area (Å²) in [5.41, 5.74) is 9.86. The first-order valence-corrected chi connectivity index (χ1v) is 6.84. The lowest BCUT2D eigenvalue weighted by atomic mass is 10.1. The van der Waals surface area contributed by atoms with E-state index in [1.54, 1.807) is 0 Å². The predicted molar refractivity (Wildman–Crippen MR) is 77.1 cm³/mol. The van der Waals surface area contributed by atoms with Gasteiger partial charge in [-0.1, -0.05) is 0 Å². The van der Waals surface area contributed by atoms with E-state index in [2.05, 4.69) is 5.32 Å². The summed E-state index contributed by atoms with van der Waals surface area (Å²) < 4.78 is 26.5. The molecule has 1 heterocycles. The van der Waals surface area contributed by atoms with Gasteiger partial charge in [0, 0.05) is 24.7 Å². The van der Waals surface area contributed by atoms with E-state index in [0.29, 0.717) is 6.07 Å². The van der Waals surface area contributed by atoms with Crippen LogP contribution in [0.25, 0.3) is 0 Å². The summed E-state index contributed by atoms with van der Waals surface area (Å²) in [7, 11) is 0. The number of nitrogens with two attached hydrogens (primary N) is 2. The molecular formula is C14H14F2N4O4. The number of rotatable bonds is 5. The van der Waals surface area contributed by atoms with Gasteiger partial charge in [-0.05, 0) is 12.1 Å². The van der Waals surface area contributed by atoms with Crippen LogP contribution < -0.4 is 21.7 Å². The Labute approximate surface area is 134 Å². The van der Waals surface area contributed by atoms with Crippen LogP contribution >= 0.6 is 0 Å². The summed E-state index contributed by atoms with van der Waals surface area (Å²) in [4.78, 5) is 47.2. The molecule has 1 aliphatic rings. The lowest BCUT2D eigenvalue weighted by Gasteiger charge is -2.18. The number of carbonyl (C=O) groups excluding carboxylic acids is 4. The Morgan fingerprint density at radius 1 is 1.12 bits per heavy atom. The van der Waals surface area contributed by atoms with Crippen molar-refractivity contribution in [3.8, 4) is 0 Å². The van der Waals surface area contributed by atoms with E-state index in [9.17, 15) is 28.0 Å². The molecule has 5 N–H and O–H groups in total. The summed E-state index contributed by atoms with van der Waals surface area (Å²) >= 11 is 0. The zero-order valence-corrected chi connectivity index (χ0v) is 12.3. The molecule has 1 atom stereocenters. The van der Waals surface area contributed by atoms with E-state index >= 15 is 0 Å². The maximum absolute atomic E-state index is 13.3. The van der Waals surface area contributed by atoms with Crippen LogP contribution in [0.5, 0.6) is 0 Å². The van der Waals surface area contributed by atoms with Crippen LogP contribution in [0, 0.1) is 17.6 Å². The number of primary amides is 2. The van der Waals surface area contributed by atoms with E-state index in [0.717, 1.165) is 17.0 Å². The van der Waals surface area contributed by atoms with Gasteiger partial charge in [0.2, 0.25) is 23.6 Å². The molecule has 24 heavy (non-hydrogen) atoms. The second kappa shape index (κ2) is 6.60. The topological polar surface area (TPSA) is 136 Å². The van der Waals surface area contributed by atoms with Crippen LogP contribution in [0.4, 0.5) is 14.5 Å². The standard InChI is InChI=1S/C14H14F2N4O4/c15-7-2-8(16)4-9(3-7)20-5-6(1-10(20)21)14(24)19-11(12(17)22)13(18)23/h2-4,6,11H,1,5H2,(H2,17,22)(H2,18,23)(H,19,24)/t6-/m1/s1. The number of hydrogen-bond donors (Lipinski definition) is 3. The summed E-state index contributed by atoms with van der Waals surface area (Å²) in [5, 5.41) is 2.06. The third-order valence-electron chi connectivity index (χ3n) is 3.51. The molecule has 1 aromatic rings. The van der Waals surface area contributed by atoms with Gasteiger partial charge in [0.15, 0.2) is 6.04 Å². The maximum atomic E-state index is 13.3. The quantitative estimate of drug-likeness (QED) is 0.578. The number of nitrogens with zero attached hydrogens (tertiary/aromatic N) is 1. The van der Waals surface area contributed by atoms with Crippen molar-refractivity contribution in [2.75, 3.05) is 11.4 Å². The van der Waals surface area contributed by atoms with E-state index in [1.807, 2.05) is 0 Å². The molecule has 1 aromatic carbocycles. The van der Waals surface area contributed by atoms with Gasteiger partial charge in [0.1, 0.15) is 11.6 Å². The van der Waals surface area contributed by atoms with Crippen LogP contribution in [0.1, 0.15) is 6.42 Å². The van der Waals surface area contributed by atoms with Gasteiger partial charge in [0.25, 0.3) is 0 Å². The number of hydrogen-bond acceptors (Lipinski definition) is 4. The third kappa shape index (κ3) is 3.65. The number of nitrogens with one attached hydrogen (secondary N) is 1. The van der Waals surface area contributed by atoms with Crippen LogP contribution in [-0.2, 0) is 19.2 Å². The lowest BCUT2D eigenvalue weighted by Crippen LogP contribution is -2.54. The minimum Gasteiger partial charge on any atom is -0.367 e. The number of amides is 4. The minimum atomic E-state index is -1.70. The molecule has 1 fully saturated rings. The normalized spacial score (nSPS) is 17.2. The molecule has 8 nitrogen and oxygen atoms in total. The molecule has 10 heteroatoms. The Morgan fingerprint density at radius 2 is 1.67 bits per heavy atom. The Bertz CT molecular complexity index is 690. The highest BCUT2D eigenvalue weighted by Crippen LogP contribution is 2.26. The second-order valence-electron chi connectivity index (χ2n) is 5.28. The molecule has 0 aliphatic carbocycles. The van der Waals surface area contributed by atoms with Crippen molar-refractivity contribution in [3.05, 3.63) is 29.8 Å². The number of carbonyl (C=O) groups is 4. The van der Waals surface area contributed by atoms with Gasteiger partial charge >= 0.3 is 0 Å². The largest absolute Gasteiger partial charge is 0.367 e. The summed E-state index contributed by atoms with van der Waals surface area (Å²) in [6.45, 7) is -0.169. The minimum absolute atomic E-state index is 0.0332. The molecule has 0 aromatic heterocycles. The molecular weight excluding hydrogens is 326 g/mol. The highest BCUT2D eigenvalue weighted by atomic mass is 19.1. The van der Waals surface area contributed by atoms with Crippen molar-refractivity contribution in [3.63, 3.8) is 0 Å². The summed E-state index contributed by atoms with van der Waals surface area (Å²) in [6.07, 6.45) is -0.256. The maximum Gasteiger partial charge on any atom is 0.249 e. The number of anilines is 1.